The number of carbonyl (C=O) groups excluding carboxylic acids is 2. The number of amides is 2. The summed E-state index contributed by atoms with van der Waals surface area (Å²) in [6.45, 7) is 11.6. The second-order valence-electron chi connectivity index (χ2n) is 8.11. The summed E-state index contributed by atoms with van der Waals surface area (Å²) in [5, 5.41) is 0. The van der Waals surface area contributed by atoms with Gasteiger partial charge in [0.25, 0.3) is 0 Å². The van der Waals surface area contributed by atoms with Crippen LogP contribution in [0.4, 0.5) is 5.69 Å². The lowest BCUT2D eigenvalue weighted by molar-refractivity contribution is -0.131. The fourth-order valence-corrected chi connectivity index (χ4v) is 3.16. The minimum Gasteiger partial charge on any atom is -0.339 e. The minimum absolute atomic E-state index is 0.0533. The number of carbonyl (C=O) groups is 2. The zero-order valence-corrected chi connectivity index (χ0v) is 17.7. The topological polar surface area (TPSA) is 40.6 Å². The predicted octanol–water partition coefficient (Wildman–Crippen LogP) is 4.78. The van der Waals surface area contributed by atoms with Crippen molar-refractivity contribution in [3.63, 3.8) is 0 Å². The lowest BCUT2D eigenvalue weighted by Crippen LogP contribution is -2.36. The Labute approximate surface area is 169 Å². The van der Waals surface area contributed by atoms with Gasteiger partial charge in [0.2, 0.25) is 11.8 Å². The van der Waals surface area contributed by atoms with Crippen molar-refractivity contribution in [2.45, 2.75) is 53.0 Å². The van der Waals surface area contributed by atoms with Crippen molar-refractivity contribution in [2.24, 2.45) is 0 Å². The van der Waals surface area contributed by atoms with Crippen LogP contribution in [0.25, 0.3) is 0 Å². The summed E-state index contributed by atoms with van der Waals surface area (Å²) >= 11 is 0. The van der Waals surface area contributed by atoms with Crippen LogP contribution in [0.5, 0.6) is 0 Å². The summed E-state index contributed by atoms with van der Waals surface area (Å²) in [6, 6.07) is 18.0. The second kappa shape index (κ2) is 9.54. The third-order valence-electron chi connectivity index (χ3n) is 4.93. The van der Waals surface area contributed by atoms with Gasteiger partial charge in [-0.2, -0.15) is 0 Å². The predicted molar refractivity (Wildman–Crippen MR) is 115 cm³/mol. The van der Waals surface area contributed by atoms with Crippen LogP contribution in [0.3, 0.4) is 0 Å². The van der Waals surface area contributed by atoms with E-state index in [1.54, 1.807) is 11.8 Å². The Bertz CT molecular complexity index is 777. The van der Waals surface area contributed by atoms with E-state index in [2.05, 4.69) is 32.9 Å². The zero-order valence-electron chi connectivity index (χ0n) is 17.7. The molecule has 0 N–H and O–H groups in total. The Morgan fingerprint density at radius 1 is 0.929 bits per heavy atom. The average Bonchev–Trinajstić information content (AvgIpc) is 2.66. The molecular formula is C24H32N2O2. The van der Waals surface area contributed by atoms with Crippen LogP contribution in [0.1, 0.15) is 52.2 Å². The van der Waals surface area contributed by atoms with Gasteiger partial charge in [0.05, 0.1) is 0 Å². The molecule has 0 aliphatic heterocycles. The molecule has 0 bridgehead atoms. The van der Waals surface area contributed by atoms with E-state index in [1.807, 2.05) is 54.3 Å². The molecule has 28 heavy (non-hydrogen) atoms. The first-order chi connectivity index (χ1) is 13.2. The third kappa shape index (κ3) is 5.95. The van der Waals surface area contributed by atoms with E-state index in [1.165, 1.54) is 5.56 Å². The first-order valence-corrected chi connectivity index (χ1v) is 9.92. The van der Waals surface area contributed by atoms with Crippen molar-refractivity contribution < 1.29 is 9.59 Å². The molecule has 150 valence electrons. The standard InChI is InChI=1S/C24H32N2O2/c1-6-25(18-20-10-8-7-9-11-20)23(28)16-17-26(19(2)27)22-14-12-21(13-15-22)24(3,4)5/h7-15H,6,16-18H2,1-5H3. The molecule has 0 aliphatic rings. The second-order valence-corrected chi connectivity index (χ2v) is 8.11. The molecule has 0 atom stereocenters. The van der Waals surface area contributed by atoms with Gasteiger partial charge >= 0.3 is 0 Å². The molecule has 0 unspecified atom stereocenters. The molecule has 0 fully saturated rings. The van der Waals surface area contributed by atoms with E-state index in [9.17, 15) is 9.59 Å². The highest BCUT2D eigenvalue weighted by atomic mass is 16.2. The quantitative estimate of drug-likeness (QED) is 0.694. The molecule has 0 heterocycles. The maximum atomic E-state index is 12.7. The van der Waals surface area contributed by atoms with Crippen molar-refractivity contribution in [1.82, 2.24) is 4.90 Å². The average molecular weight is 381 g/mol. The van der Waals surface area contributed by atoms with E-state index < -0.39 is 0 Å². The molecule has 2 rings (SSSR count). The third-order valence-corrected chi connectivity index (χ3v) is 4.93. The highest BCUT2D eigenvalue weighted by Gasteiger charge is 2.18. The van der Waals surface area contributed by atoms with Crippen molar-refractivity contribution >= 4 is 17.5 Å². The largest absolute Gasteiger partial charge is 0.339 e. The molecule has 2 amide bonds. The van der Waals surface area contributed by atoms with E-state index in [0.717, 1.165) is 11.3 Å². The molecule has 4 heteroatoms. The monoisotopic (exact) mass is 380 g/mol. The van der Waals surface area contributed by atoms with Gasteiger partial charge in [0, 0.05) is 38.7 Å². The number of hydrogen-bond acceptors (Lipinski definition) is 2. The highest BCUT2D eigenvalue weighted by Crippen LogP contribution is 2.25. The first kappa shape index (κ1) is 21.7. The van der Waals surface area contributed by atoms with E-state index in [4.69, 9.17) is 0 Å². The van der Waals surface area contributed by atoms with Gasteiger partial charge in [0.15, 0.2) is 0 Å². The molecule has 0 saturated heterocycles. The van der Waals surface area contributed by atoms with Crippen LogP contribution < -0.4 is 4.90 Å². The van der Waals surface area contributed by atoms with Gasteiger partial charge in [-0.25, -0.2) is 0 Å². The summed E-state index contributed by atoms with van der Waals surface area (Å²) in [4.78, 5) is 28.4. The van der Waals surface area contributed by atoms with Crippen LogP contribution >= 0.6 is 0 Å². The normalized spacial score (nSPS) is 11.2. The smallest absolute Gasteiger partial charge is 0.224 e. The van der Waals surface area contributed by atoms with Crippen molar-refractivity contribution in [3.05, 3.63) is 65.7 Å². The molecule has 0 spiro atoms. The molecule has 0 saturated carbocycles. The van der Waals surface area contributed by atoms with Crippen LogP contribution in [-0.4, -0.2) is 29.8 Å². The number of hydrogen-bond donors (Lipinski definition) is 0. The van der Waals surface area contributed by atoms with E-state index >= 15 is 0 Å². The maximum Gasteiger partial charge on any atom is 0.224 e. The zero-order chi connectivity index (χ0) is 20.7. The van der Waals surface area contributed by atoms with Crippen molar-refractivity contribution in [1.29, 1.82) is 0 Å². The molecule has 2 aromatic carbocycles. The van der Waals surface area contributed by atoms with Crippen LogP contribution in [0.2, 0.25) is 0 Å². The SMILES string of the molecule is CCN(Cc1ccccc1)C(=O)CCN(C(C)=O)c1ccc(C(C)(C)C)cc1. The molecule has 4 nitrogen and oxygen atoms in total. The Morgan fingerprint density at radius 3 is 2.04 bits per heavy atom. The molecular weight excluding hydrogens is 348 g/mol. The molecule has 0 aromatic heterocycles. The highest BCUT2D eigenvalue weighted by molar-refractivity contribution is 5.92. The van der Waals surface area contributed by atoms with Crippen molar-refractivity contribution in [3.8, 4) is 0 Å². The van der Waals surface area contributed by atoms with Gasteiger partial charge in [0.1, 0.15) is 0 Å². The van der Waals surface area contributed by atoms with Crippen LogP contribution in [0.15, 0.2) is 54.6 Å². The van der Waals surface area contributed by atoms with Gasteiger partial charge < -0.3 is 9.80 Å². The van der Waals surface area contributed by atoms with E-state index in [0.29, 0.717) is 26.1 Å². The van der Waals surface area contributed by atoms with Crippen molar-refractivity contribution in [2.75, 3.05) is 18.0 Å². The van der Waals surface area contributed by atoms with Gasteiger partial charge in [-0.15, -0.1) is 0 Å². The summed E-state index contributed by atoms with van der Waals surface area (Å²) in [6.07, 6.45) is 0.307. The lowest BCUT2D eigenvalue weighted by atomic mass is 9.87. The van der Waals surface area contributed by atoms with Gasteiger partial charge in [-0.1, -0.05) is 63.2 Å². The fraction of sp³-hybridized carbons (Fsp3) is 0.417. The lowest BCUT2D eigenvalue weighted by Gasteiger charge is -2.26. The summed E-state index contributed by atoms with van der Waals surface area (Å²) in [5.74, 6) is 0.00586. The summed E-state index contributed by atoms with van der Waals surface area (Å²) < 4.78 is 0. The summed E-state index contributed by atoms with van der Waals surface area (Å²) in [7, 11) is 0. The minimum atomic E-state index is -0.0533. The van der Waals surface area contributed by atoms with Crippen LogP contribution in [-0.2, 0) is 21.5 Å². The Hall–Kier alpha value is -2.62. The first-order valence-electron chi connectivity index (χ1n) is 9.92. The van der Waals surface area contributed by atoms with Crippen LogP contribution in [0, 0.1) is 0 Å². The number of anilines is 1. The molecule has 0 aliphatic carbocycles. The fourth-order valence-electron chi connectivity index (χ4n) is 3.16. The molecule has 2 aromatic rings. The Kier molecular flexibility index (Phi) is 7.38. The Balaban J connectivity index is 2.03. The van der Waals surface area contributed by atoms with Gasteiger partial charge in [-0.05, 0) is 35.6 Å². The maximum absolute atomic E-state index is 12.7. The van der Waals surface area contributed by atoms with Gasteiger partial charge in [-0.3, -0.25) is 9.59 Å². The molecule has 0 radical (unpaired) electrons. The van der Waals surface area contributed by atoms with E-state index in [-0.39, 0.29) is 17.2 Å². The number of nitrogens with zero attached hydrogens (tertiary/aromatic N) is 2. The number of benzene rings is 2. The number of rotatable bonds is 7. The Morgan fingerprint density at radius 2 is 1.54 bits per heavy atom. The summed E-state index contributed by atoms with van der Waals surface area (Å²) in [5.41, 5.74) is 3.23.